The number of thiazole rings is 1. The lowest BCUT2D eigenvalue weighted by Gasteiger charge is -2.06. The topological polar surface area (TPSA) is 54.6 Å². The second-order valence-corrected chi connectivity index (χ2v) is 5.89. The molecule has 1 aromatic heterocycles. The minimum Gasteiger partial charge on any atom is -0.493 e. The Morgan fingerprint density at radius 2 is 2.10 bits per heavy atom. The highest BCUT2D eigenvalue weighted by molar-refractivity contribution is 7.10. The first-order valence-corrected chi connectivity index (χ1v) is 7.19. The molecule has 1 aliphatic heterocycles. The summed E-state index contributed by atoms with van der Waals surface area (Å²) in [7, 11) is 0. The van der Waals surface area contributed by atoms with Gasteiger partial charge in [-0.2, -0.15) is 0 Å². The van der Waals surface area contributed by atoms with Crippen LogP contribution in [0.5, 0.6) is 5.88 Å². The maximum atomic E-state index is 11.9. The number of para-hydroxylation sites is 1. The lowest BCUT2D eigenvalue weighted by atomic mass is 10.1. The maximum absolute atomic E-state index is 11.9. The van der Waals surface area contributed by atoms with E-state index in [4.69, 9.17) is 0 Å². The number of aromatic hydroxyl groups is 1. The Kier molecular flexibility index (Phi) is 3.06. The Morgan fingerprint density at radius 3 is 2.80 bits per heavy atom. The molecule has 102 valence electrons. The molecule has 0 unspecified atom stereocenters. The second kappa shape index (κ2) is 4.76. The summed E-state index contributed by atoms with van der Waals surface area (Å²) in [5.74, 6) is 0.0280. The number of rotatable bonds is 2. The quantitative estimate of drug-likeness (QED) is 0.919. The molecule has 0 atom stereocenters. The Bertz CT molecular complexity index is 781. The van der Waals surface area contributed by atoms with Crippen LogP contribution >= 0.6 is 11.3 Å². The van der Waals surface area contributed by atoms with Gasteiger partial charge in [-0.1, -0.05) is 29.5 Å². The summed E-state index contributed by atoms with van der Waals surface area (Å²) in [6, 6.07) is 7.74. The van der Waals surface area contributed by atoms with Crippen LogP contribution in [-0.4, -0.2) is 15.9 Å². The predicted molar refractivity (Wildman–Crippen MR) is 83.1 cm³/mol. The summed E-state index contributed by atoms with van der Waals surface area (Å²) < 4.78 is 1.40. The van der Waals surface area contributed by atoms with Crippen LogP contribution in [0.1, 0.15) is 30.3 Å². The van der Waals surface area contributed by atoms with E-state index in [2.05, 4.69) is 4.99 Å². The molecule has 0 radical (unpaired) electrons. The summed E-state index contributed by atoms with van der Waals surface area (Å²) in [5, 5.41) is 10.2. The zero-order chi connectivity index (χ0) is 14.3. The highest BCUT2D eigenvalue weighted by Gasteiger charge is 2.17. The number of nitrogens with zero attached hydrogens (tertiary/aromatic N) is 2. The standard InChI is InChI=1S/C15H14N2O2S/c1-9(2)17-14(18)13(20-15(17)19)7-10-8-16-12-6-4-3-5-11(10)12/h3-9,18H,1-2H3/b10-7+. The smallest absolute Gasteiger partial charge is 0.310 e. The Hall–Kier alpha value is -2.14. The van der Waals surface area contributed by atoms with Gasteiger partial charge in [0.2, 0.25) is 5.88 Å². The number of benzene rings is 1. The number of hydrogen-bond acceptors (Lipinski definition) is 4. The van der Waals surface area contributed by atoms with Crippen LogP contribution < -0.4 is 4.87 Å². The van der Waals surface area contributed by atoms with Gasteiger partial charge in [-0.15, -0.1) is 0 Å². The van der Waals surface area contributed by atoms with Crippen molar-refractivity contribution in [2.24, 2.45) is 4.99 Å². The van der Waals surface area contributed by atoms with Crippen LogP contribution in [-0.2, 0) is 0 Å². The summed E-state index contributed by atoms with van der Waals surface area (Å²) in [6.07, 6.45) is 3.57. The van der Waals surface area contributed by atoms with Crippen LogP contribution in [0.4, 0.5) is 5.69 Å². The van der Waals surface area contributed by atoms with Crippen molar-refractivity contribution < 1.29 is 5.11 Å². The first-order chi connectivity index (χ1) is 9.58. The van der Waals surface area contributed by atoms with Gasteiger partial charge < -0.3 is 5.11 Å². The molecule has 3 rings (SSSR count). The first-order valence-electron chi connectivity index (χ1n) is 6.37. The lowest BCUT2D eigenvalue weighted by Crippen LogP contribution is -2.14. The molecule has 1 aliphatic rings. The summed E-state index contributed by atoms with van der Waals surface area (Å²) in [4.78, 5) is 16.6. The van der Waals surface area contributed by atoms with E-state index >= 15 is 0 Å². The largest absolute Gasteiger partial charge is 0.493 e. The van der Waals surface area contributed by atoms with E-state index in [1.165, 1.54) is 4.57 Å². The molecule has 0 saturated carbocycles. The third kappa shape index (κ3) is 2.00. The van der Waals surface area contributed by atoms with Crippen molar-refractivity contribution in [3.63, 3.8) is 0 Å². The van der Waals surface area contributed by atoms with Gasteiger partial charge in [0.1, 0.15) is 0 Å². The predicted octanol–water partition coefficient (Wildman–Crippen LogP) is 3.45. The van der Waals surface area contributed by atoms with Crippen molar-refractivity contribution >= 4 is 34.9 Å². The molecule has 4 nitrogen and oxygen atoms in total. The van der Waals surface area contributed by atoms with Crippen molar-refractivity contribution in [3.05, 3.63) is 44.4 Å². The Balaban J connectivity index is 2.10. The molecule has 1 aromatic carbocycles. The number of hydrogen-bond donors (Lipinski definition) is 1. The zero-order valence-corrected chi connectivity index (χ0v) is 12.0. The van der Waals surface area contributed by atoms with E-state index < -0.39 is 0 Å². The van der Waals surface area contributed by atoms with E-state index in [9.17, 15) is 9.90 Å². The molecule has 0 fully saturated rings. The molecule has 1 N–H and O–H groups in total. The SMILES string of the molecule is CC(C)n1c(O)c(/C=C2\C=Nc3ccccc32)sc1=O. The zero-order valence-electron chi connectivity index (χ0n) is 11.2. The van der Waals surface area contributed by atoms with E-state index in [-0.39, 0.29) is 16.8 Å². The summed E-state index contributed by atoms with van der Waals surface area (Å²) in [5.41, 5.74) is 2.84. The minimum atomic E-state index is -0.146. The lowest BCUT2D eigenvalue weighted by molar-refractivity contribution is 0.395. The van der Waals surface area contributed by atoms with Crippen LogP contribution in [0.2, 0.25) is 0 Å². The van der Waals surface area contributed by atoms with Crippen LogP contribution in [0, 0.1) is 0 Å². The number of aromatic nitrogens is 1. The van der Waals surface area contributed by atoms with Gasteiger partial charge in [0.05, 0.1) is 10.6 Å². The first kappa shape index (κ1) is 12.9. The molecular weight excluding hydrogens is 272 g/mol. The maximum Gasteiger partial charge on any atom is 0.310 e. The van der Waals surface area contributed by atoms with Gasteiger partial charge in [-0.3, -0.25) is 14.4 Å². The molecule has 0 amide bonds. The minimum absolute atomic E-state index is 0.0280. The molecule has 0 bridgehead atoms. The van der Waals surface area contributed by atoms with Crippen LogP contribution in [0.15, 0.2) is 34.1 Å². The normalized spacial score (nSPS) is 15.2. The summed E-state index contributed by atoms with van der Waals surface area (Å²) in [6.45, 7) is 3.74. The fourth-order valence-corrected chi connectivity index (χ4v) is 3.20. The third-order valence-corrected chi connectivity index (χ3v) is 4.09. The third-order valence-electron chi connectivity index (χ3n) is 3.20. The molecule has 20 heavy (non-hydrogen) atoms. The fraction of sp³-hybridized carbons (Fsp3) is 0.200. The second-order valence-electron chi connectivity index (χ2n) is 4.89. The molecule has 2 heterocycles. The highest BCUT2D eigenvalue weighted by atomic mass is 32.1. The number of fused-ring (bicyclic) bond motifs is 1. The molecule has 5 heteroatoms. The van der Waals surface area contributed by atoms with E-state index in [0.29, 0.717) is 4.88 Å². The van der Waals surface area contributed by atoms with E-state index in [0.717, 1.165) is 28.2 Å². The number of allylic oxidation sites excluding steroid dienone is 1. The monoisotopic (exact) mass is 286 g/mol. The fourth-order valence-electron chi connectivity index (χ4n) is 2.24. The van der Waals surface area contributed by atoms with Crippen LogP contribution in [0.25, 0.3) is 11.6 Å². The number of aliphatic imine (C=N–C) groups is 1. The average molecular weight is 286 g/mol. The van der Waals surface area contributed by atoms with Crippen molar-refractivity contribution in [2.75, 3.05) is 0 Å². The Morgan fingerprint density at radius 1 is 1.35 bits per heavy atom. The van der Waals surface area contributed by atoms with Gasteiger partial charge in [0, 0.05) is 23.4 Å². The van der Waals surface area contributed by atoms with Crippen molar-refractivity contribution in [1.29, 1.82) is 0 Å². The molecule has 0 spiro atoms. The van der Waals surface area contributed by atoms with Crippen molar-refractivity contribution in [2.45, 2.75) is 19.9 Å². The molecular formula is C15H14N2O2S. The van der Waals surface area contributed by atoms with Crippen LogP contribution in [0.3, 0.4) is 0 Å². The molecule has 0 aliphatic carbocycles. The van der Waals surface area contributed by atoms with Gasteiger partial charge in [0.15, 0.2) is 0 Å². The van der Waals surface area contributed by atoms with Gasteiger partial charge in [-0.25, -0.2) is 0 Å². The van der Waals surface area contributed by atoms with Crippen molar-refractivity contribution in [1.82, 2.24) is 4.57 Å². The molecule has 0 saturated heterocycles. The van der Waals surface area contributed by atoms with Crippen molar-refractivity contribution in [3.8, 4) is 5.88 Å². The van der Waals surface area contributed by atoms with Gasteiger partial charge in [-0.05, 0) is 26.0 Å². The summed E-state index contributed by atoms with van der Waals surface area (Å²) >= 11 is 1.05. The van der Waals surface area contributed by atoms with Gasteiger partial charge in [0.25, 0.3) is 0 Å². The molecule has 2 aromatic rings. The van der Waals surface area contributed by atoms with E-state index in [1.807, 2.05) is 44.2 Å². The average Bonchev–Trinajstić information content (AvgIpc) is 2.93. The Labute approximate surface area is 120 Å². The highest BCUT2D eigenvalue weighted by Crippen LogP contribution is 2.34. The van der Waals surface area contributed by atoms with E-state index in [1.54, 1.807) is 6.21 Å². The van der Waals surface area contributed by atoms with Gasteiger partial charge >= 0.3 is 4.87 Å².